The molecule has 0 aliphatic rings. The van der Waals surface area contributed by atoms with Gasteiger partial charge in [-0.05, 0) is 44.1 Å². The van der Waals surface area contributed by atoms with Crippen molar-refractivity contribution in [3.8, 4) is 5.75 Å². The van der Waals surface area contributed by atoms with Gasteiger partial charge < -0.3 is 19.5 Å². The molecule has 0 saturated carbocycles. The van der Waals surface area contributed by atoms with Gasteiger partial charge in [0.15, 0.2) is 0 Å². The Hall–Kier alpha value is -1.55. The zero-order chi connectivity index (χ0) is 16.2. The zero-order valence-corrected chi connectivity index (χ0v) is 13.8. The van der Waals surface area contributed by atoms with Crippen LogP contribution in [-0.4, -0.2) is 37.6 Å². The van der Waals surface area contributed by atoms with Crippen molar-refractivity contribution in [3.05, 3.63) is 29.3 Å². The number of ether oxygens (including phenoxy) is 1. The van der Waals surface area contributed by atoms with Gasteiger partial charge in [-0.1, -0.05) is 32.9 Å². The average Bonchev–Trinajstić information content (AvgIpc) is 2.34. The molecule has 0 aromatic heterocycles. The SMILES string of the molecule is Cc1ccc(C(C)C)c(OC(C(=O)[O-])C(C)CN(C)C)c1. The van der Waals surface area contributed by atoms with E-state index in [0.29, 0.717) is 12.3 Å². The lowest BCUT2D eigenvalue weighted by molar-refractivity contribution is -0.315. The molecule has 0 radical (unpaired) electrons. The summed E-state index contributed by atoms with van der Waals surface area (Å²) in [5.41, 5.74) is 2.07. The van der Waals surface area contributed by atoms with E-state index < -0.39 is 12.1 Å². The Bertz CT molecular complexity index is 483. The topological polar surface area (TPSA) is 52.6 Å². The largest absolute Gasteiger partial charge is 0.546 e. The Labute approximate surface area is 127 Å². The second kappa shape index (κ2) is 7.46. The number of carbonyl (C=O) groups is 1. The Morgan fingerprint density at radius 1 is 1.29 bits per heavy atom. The Morgan fingerprint density at radius 3 is 2.38 bits per heavy atom. The number of nitrogens with zero attached hydrogens (tertiary/aromatic N) is 1. The Kier molecular flexibility index (Phi) is 6.21. The van der Waals surface area contributed by atoms with Crippen LogP contribution in [0.4, 0.5) is 0 Å². The normalized spacial score (nSPS) is 14.3. The summed E-state index contributed by atoms with van der Waals surface area (Å²) in [5, 5.41) is 11.4. The second-order valence-corrected chi connectivity index (χ2v) is 6.29. The van der Waals surface area contributed by atoms with Crippen molar-refractivity contribution in [3.63, 3.8) is 0 Å². The Morgan fingerprint density at radius 2 is 1.90 bits per heavy atom. The number of hydrogen-bond acceptors (Lipinski definition) is 4. The number of carboxylic acids is 1. The number of rotatable bonds is 7. The third-order valence-electron chi connectivity index (χ3n) is 3.45. The molecule has 2 atom stereocenters. The first-order valence-electron chi connectivity index (χ1n) is 7.35. The molecular weight excluding hydrogens is 266 g/mol. The standard InChI is InChI=1S/C17H27NO3/c1-11(2)14-8-7-12(3)9-15(14)21-16(17(19)20)13(4)10-18(5)6/h7-9,11,13,16H,10H2,1-6H3,(H,19,20)/p-1. The van der Waals surface area contributed by atoms with Gasteiger partial charge in [0, 0.05) is 12.5 Å². The number of aliphatic carboxylic acids is 1. The van der Waals surface area contributed by atoms with Crippen LogP contribution in [0.5, 0.6) is 5.75 Å². The first kappa shape index (κ1) is 17.5. The first-order valence-corrected chi connectivity index (χ1v) is 7.35. The highest BCUT2D eigenvalue weighted by atomic mass is 16.5. The third kappa shape index (κ3) is 5.05. The van der Waals surface area contributed by atoms with Gasteiger partial charge in [0.25, 0.3) is 0 Å². The molecule has 4 nitrogen and oxygen atoms in total. The van der Waals surface area contributed by atoms with Crippen molar-refractivity contribution in [2.75, 3.05) is 20.6 Å². The molecule has 118 valence electrons. The predicted octanol–water partition coefficient (Wildman–Crippen LogP) is 1.81. The van der Waals surface area contributed by atoms with Gasteiger partial charge in [-0.25, -0.2) is 0 Å². The molecule has 0 aliphatic heterocycles. The molecule has 2 unspecified atom stereocenters. The summed E-state index contributed by atoms with van der Waals surface area (Å²) in [6.45, 7) is 8.59. The maximum atomic E-state index is 11.4. The van der Waals surface area contributed by atoms with E-state index in [1.54, 1.807) is 0 Å². The molecule has 1 rings (SSSR count). The van der Waals surface area contributed by atoms with Crippen LogP contribution < -0.4 is 9.84 Å². The molecule has 0 bridgehead atoms. The van der Waals surface area contributed by atoms with Gasteiger partial charge in [-0.3, -0.25) is 0 Å². The second-order valence-electron chi connectivity index (χ2n) is 6.29. The van der Waals surface area contributed by atoms with Gasteiger partial charge in [0.2, 0.25) is 0 Å². The minimum absolute atomic E-state index is 0.162. The van der Waals surface area contributed by atoms with Gasteiger partial charge >= 0.3 is 0 Å². The van der Waals surface area contributed by atoms with E-state index in [1.165, 1.54) is 0 Å². The molecule has 0 heterocycles. The van der Waals surface area contributed by atoms with Gasteiger partial charge in [0.05, 0.1) is 5.97 Å². The summed E-state index contributed by atoms with van der Waals surface area (Å²) in [6.07, 6.45) is -0.952. The quantitative estimate of drug-likeness (QED) is 0.769. The molecule has 0 amide bonds. The van der Waals surface area contributed by atoms with Crippen molar-refractivity contribution in [1.29, 1.82) is 0 Å². The fraction of sp³-hybridized carbons (Fsp3) is 0.588. The van der Waals surface area contributed by atoms with Crippen molar-refractivity contribution >= 4 is 5.97 Å². The van der Waals surface area contributed by atoms with E-state index in [4.69, 9.17) is 4.74 Å². The van der Waals surface area contributed by atoms with Gasteiger partial charge in [-0.2, -0.15) is 0 Å². The van der Waals surface area contributed by atoms with Crippen LogP contribution in [-0.2, 0) is 4.79 Å². The van der Waals surface area contributed by atoms with Crippen LogP contribution in [0.25, 0.3) is 0 Å². The molecule has 1 aromatic rings. The van der Waals surface area contributed by atoms with Crippen molar-refractivity contribution < 1.29 is 14.6 Å². The summed E-state index contributed by atoms with van der Waals surface area (Å²) in [7, 11) is 3.82. The van der Waals surface area contributed by atoms with Crippen LogP contribution in [0.15, 0.2) is 18.2 Å². The van der Waals surface area contributed by atoms with E-state index in [0.717, 1.165) is 11.1 Å². The highest BCUT2D eigenvalue weighted by Gasteiger charge is 2.23. The van der Waals surface area contributed by atoms with Crippen molar-refractivity contribution in [2.45, 2.75) is 39.7 Å². The smallest absolute Gasteiger partial charge is 0.142 e. The first-order chi connectivity index (χ1) is 9.72. The fourth-order valence-electron chi connectivity index (χ4n) is 2.43. The van der Waals surface area contributed by atoms with Crippen LogP contribution in [0.1, 0.15) is 37.8 Å². The average molecular weight is 292 g/mol. The van der Waals surface area contributed by atoms with E-state index in [2.05, 4.69) is 13.8 Å². The van der Waals surface area contributed by atoms with Crippen LogP contribution in [0, 0.1) is 12.8 Å². The number of benzene rings is 1. The molecule has 21 heavy (non-hydrogen) atoms. The minimum atomic E-state index is -1.17. The lowest BCUT2D eigenvalue weighted by Gasteiger charge is -2.29. The zero-order valence-electron chi connectivity index (χ0n) is 13.8. The molecular formula is C17H26NO3-. The summed E-state index contributed by atoms with van der Waals surface area (Å²) in [6, 6.07) is 5.91. The summed E-state index contributed by atoms with van der Waals surface area (Å²) >= 11 is 0. The van der Waals surface area contributed by atoms with Crippen molar-refractivity contribution in [2.24, 2.45) is 5.92 Å². The summed E-state index contributed by atoms with van der Waals surface area (Å²) in [4.78, 5) is 13.4. The highest BCUT2D eigenvalue weighted by molar-refractivity contribution is 5.71. The van der Waals surface area contributed by atoms with Crippen LogP contribution in [0.2, 0.25) is 0 Å². The molecule has 0 spiro atoms. The maximum Gasteiger partial charge on any atom is 0.142 e. The Balaban J connectivity index is 3.04. The minimum Gasteiger partial charge on any atom is -0.546 e. The number of aryl methyl sites for hydroxylation is 1. The lowest BCUT2D eigenvalue weighted by atomic mass is 9.99. The number of carbonyl (C=O) groups excluding carboxylic acids is 1. The predicted molar refractivity (Wildman–Crippen MR) is 82.4 cm³/mol. The molecule has 0 fully saturated rings. The summed E-state index contributed by atoms with van der Waals surface area (Å²) < 4.78 is 5.82. The molecule has 0 saturated heterocycles. The van der Waals surface area contributed by atoms with Crippen molar-refractivity contribution in [1.82, 2.24) is 4.90 Å². The third-order valence-corrected chi connectivity index (χ3v) is 3.45. The monoisotopic (exact) mass is 292 g/mol. The van der Waals surface area contributed by atoms with Crippen LogP contribution in [0.3, 0.4) is 0 Å². The van der Waals surface area contributed by atoms with E-state index in [9.17, 15) is 9.90 Å². The van der Waals surface area contributed by atoms with E-state index in [-0.39, 0.29) is 11.8 Å². The highest BCUT2D eigenvalue weighted by Crippen LogP contribution is 2.29. The molecule has 1 aromatic carbocycles. The van der Waals surface area contributed by atoms with E-state index >= 15 is 0 Å². The molecule has 0 aliphatic carbocycles. The number of carboxylic acid groups (broad SMARTS) is 1. The van der Waals surface area contributed by atoms with Gasteiger partial charge in [-0.15, -0.1) is 0 Å². The lowest BCUT2D eigenvalue weighted by Crippen LogP contribution is -2.46. The van der Waals surface area contributed by atoms with E-state index in [1.807, 2.05) is 51.0 Å². The van der Waals surface area contributed by atoms with Gasteiger partial charge in [0.1, 0.15) is 11.9 Å². The fourth-order valence-corrected chi connectivity index (χ4v) is 2.43. The molecule has 0 N–H and O–H groups in total. The number of hydrogen-bond donors (Lipinski definition) is 0. The van der Waals surface area contributed by atoms with Crippen LogP contribution >= 0.6 is 0 Å². The maximum absolute atomic E-state index is 11.4. The summed E-state index contributed by atoms with van der Waals surface area (Å²) in [5.74, 6) is -0.414. The molecule has 4 heteroatoms.